The van der Waals surface area contributed by atoms with Crippen LogP contribution in [0.1, 0.15) is 31.7 Å². The van der Waals surface area contributed by atoms with Crippen molar-refractivity contribution in [1.82, 2.24) is 5.32 Å². The van der Waals surface area contributed by atoms with Crippen molar-refractivity contribution >= 4 is 5.91 Å². The van der Waals surface area contributed by atoms with E-state index < -0.39 is 0 Å². The summed E-state index contributed by atoms with van der Waals surface area (Å²) in [6.45, 7) is 5.28. The van der Waals surface area contributed by atoms with Gasteiger partial charge in [-0.3, -0.25) is 4.79 Å². The fraction of sp³-hybridized carbons (Fsp3) is 0.438. The maximum atomic E-state index is 11.5. The second-order valence-electron chi connectivity index (χ2n) is 4.43. The number of benzene rings is 1. The fourth-order valence-corrected chi connectivity index (χ4v) is 1.68. The molecule has 0 unspecified atom stereocenters. The number of rotatable bonds is 8. The molecule has 1 rings (SSSR count). The van der Waals surface area contributed by atoms with Crippen molar-refractivity contribution in [1.29, 1.82) is 0 Å². The Bertz CT molecular complexity index is 413. The summed E-state index contributed by atoms with van der Waals surface area (Å²) in [5.41, 5.74) is 1.12. The molecule has 3 nitrogen and oxygen atoms in total. The molecule has 0 aliphatic heterocycles. The molecule has 3 heteroatoms. The van der Waals surface area contributed by atoms with Gasteiger partial charge in [0.25, 0.3) is 0 Å². The number of hydrogen-bond donors (Lipinski definition) is 1. The lowest BCUT2D eigenvalue weighted by Gasteiger charge is -2.08. The maximum absolute atomic E-state index is 11.5. The Hall–Kier alpha value is -1.77. The Morgan fingerprint density at radius 2 is 2.16 bits per heavy atom. The van der Waals surface area contributed by atoms with E-state index in [0.717, 1.165) is 24.2 Å². The van der Waals surface area contributed by atoms with Gasteiger partial charge in [-0.2, -0.15) is 0 Å². The lowest BCUT2D eigenvalue weighted by molar-refractivity contribution is -0.121. The highest BCUT2D eigenvalue weighted by Gasteiger charge is 2.01. The number of amides is 1. The quantitative estimate of drug-likeness (QED) is 0.576. The molecular formula is C16H23NO2. The van der Waals surface area contributed by atoms with Gasteiger partial charge in [-0.1, -0.05) is 30.4 Å². The molecule has 0 saturated heterocycles. The van der Waals surface area contributed by atoms with Crippen LogP contribution >= 0.6 is 0 Å². The second-order valence-corrected chi connectivity index (χ2v) is 4.43. The van der Waals surface area contributed by atoms with Crippen molar-refractivity contribution in [3.8, 4) is 5.75 Å². The van der Waals surface area contributed by atoms with Crippen LogP contribution in [0.5, 0.6) is 5.75 Å². The Labute approximate surface area is 115 Å². The van der Waals surface area contributed by atoms with Crippen molar-refractivity contribution in [3.63, 3.8) is 0 Å². The lowest BCUT2D eigenvalue weighted by atomic mass is 10.2. The zero-order valence-electron chi connectivity index (χ0n) is 11.8. The first-order valence-corrected chi connectivity index (χ1v) is 6.80. The van der Waals surface area contributed by atoms with E-state index in [1.54, 1.807) is 0 Å². The molecule has 0 saturated carbocycles. The van der Waals surface area contributed by atoms with Crippen LogP contribution < -0.4 is 10.1 Å². The van der Waals surface area contributed by atoms with E-state index >= 15 is 0 Å². The number of ether oxygens (including phenoxy) is 1. The van der Waals surface area contributed by atoms with E-state index in [4.69, 9.17) is 4.74 Å². The van der Waals surface area contributed by atoms with Crippen molar-refractivity contribution in [3.05, 3.63) is 42.0 Å². The minimum Gasteiger partial charge on any atom is -0.493 e. The Balaban J connectivity index is 2.10. The zero-order chi connectivity index (χ0) is 13.9. The van der Waals surface area contributed by atoms with Gasteiger partial charge in [0.2, 0.25) is 5.91 Å². The summed E-state index contributed by atoms with van der Waals surface area (Å²) < 4.78 is 5.64. The fourth-order valence-electron chi connectivity index (χ4n) is 1.68. The van der Waals surface area contributed by atoms with Crippen LogP contribution in [0.2, 0.25) is 0 Å². The number of carbonyl (C=O) groups excluding carboxylic acids is 1. The van der Waals surface area contributed by atoms with E-state index in [1.807, 2.05) is 50.3 Å². The zero-order valence-corrected chi connectivity index (χ0v) is 11.8. The predicted molar refractivity (Wildman–Crippen MR) is 78.3 cm³/mol. The van der Waals surface area contributed by atoms with Crippen LogP contribution in [0, 0.1) is 6.92 Å². The Morgan fingerprint density at radius 1 is 1.37 bits per heavy atom. The number of allylic oxidation sites excluding steroid dienone is 1. The smallest absolute Gasteiger partial charge is 0.220 e. The Kier molecular flexibility index (Phi) is 7.40. The van der Waals surface area contributed by atoms with E-state index in [1.165, 1.54) is 0 Å². The molecule has 19 heavy (non-hydrogen) atoms. The van der Waals surface area contributed by atoms with Gasteiger partial charge in [-0.15, -0.1) is 0 Å². The van der Waals surface area contributed by atoms with Crippen molar-refractivity contribution in [2.75, 3.05) is 13.2 Å². The standard InChI is InChI=1S/C16H23NO2/c1-3-4-7-12-17-16(18)11-8-13-19-15-10-6-5-9-14(15)2/h3-6,9-10H,7-8,11-13H2,1-2H3,(H,17,18)/b4-3+. The minimum atomic E-state index is 0.0953. The molecular weight excluding hydrogens is 238 g/mol. The van der Waals surface area contributed by atoms with Gasteiger partial charge in [0, 0.05) is 13.0 Å². The van der Waals surface area contributed by atoms with Gasteiger partial charge in [0.05, 0.1) is 6.61 Å². The van der Waals surface area contributed by atoms with Crippen LogP contribution in [0.4, 0.5) is 0 Å². The summed E-state index contributed by atoms with van der Waals surface area (Å²) in [6, 6.07) is 7.91. The van der Waals surface area contributed by atoms with Gasteiger partial charge >= 0.3 is 0 Å². The van der Waals surface area contributed by atoms with Crippen LogP contribution in [-0.4, -0.2) is 19.1 Å². The van der Waals surface area contributed by atoms with Crippen LogP contribution in [0.25, 0.3) is 0 Å². The van der Waals surface area contributed by atoms with Crippen molar-refractivity contribution in [2.24, 2.45) is 0 Å². The Morgan fingerprint density at radius 3 is 2.89 bits per heavy atom. The van der Waals surface area contributed by atoms with Gasteiger partial charge in [-0.05, 0) is 38.3 Å². The maximum Gasteiger partial charge on any atom is 0.220 e. The summed E-state index contributed by atoms with van der Waals surface area (Å²) in [5.74, 6) is 0.994. The molecule has 0 aromatic heterocycles. The lowest BCUT2D eigenvalue weighted by Crippen LogP contribution is -2.24. The first-order chi connectivity index (χ1) is 9.24. The van der Waals surface area contributed by atoms with Crippen LogP contribution in [-0.2, 0) is 4.79 Å². The molecule has 0 bridgehead atoms. The topological polar surface area (TPSA) is 38.3 Å². The van der Waals surface area contributed by atoms with Gasteiger partial charge in [-0.25, -0.2) is 0 Å². The van der Waals surface area contributed by atoms with Gasteiger partial charge in [0.15, 0.2) is 0 Å². The molecule has 0 spiro atoms. The average molecular weight is 261 g/mol. The number of para-hydroxylation sites is 1. The summed E-state index contributed by atoms with van der Waals surface area (Å²) in [6.07, 6.45) is 6.18. The van der Waals surface area contributed by atoms with Crippen molar-refractivity contribution in [2.45, 2.75) is 33.1 Å². The van der Waals surface area contributed by atoms with E-state index in [2.05, 4.69) is 5.32 Å². The molecule has 0 aliphatic carbocycles. The van der Waals surface area contributed by atoms with E-state index in [-0.39, 0.29) is 5.91 Å². The second kappa shape index (κ2) is 9.20. The van der Waals surface area contributed by atoms with Gasteiger partial charge in [0.1, 0.15) is 5.75 Å². The third-order valence-corrected chi connectivity index (χ3v) is 2.77. The molecule has 1 amide bonds. The van der Waals surface area contributed by atoms with Crippen molar-refractivity contribution < 1.29 is 9.53 Å². The van der Waals surface area contributed by atoms with Crippen LogP contribution in [0.3, 0.4) is 0 Å². The third-order valence-electron chi connectivity index (χ3n) is 2.77. The monoisotopic (exact) mass is 261 g/mol. The molecule has 0 atom stereocenters. The molecule has 1 N–H and O–H groups in total. The number of nitrogens with one attached hydrogen (secondary N) is 1. The summed E-state index contributed by atoms with van der Waals surface area (Å²) in [7, 11) is 0. The van der Waals surface area contributed by atoms with E-state index in [0.29, 0.717) is 19.6 Å². The summed E-state index contributed by atoms with van der Waals surface area (Å²) in [4.78, 5) is 11.5. The normalized spacial score (nSPS) is 10.6. The van der Waals surface area contributed by atoms with E-state index in [9.17, 15) is 4.79 Å². The SMILES string of the molecule is C/C=C/CCNC(=O)CCCOc1ccccc1C. The number of carbonyl (C=O) groups is 1. The summed E-state index contributed by atoms with van der Waals surface area (Å²) >= 11 is 0. The van der Waals surface area contributed by atoms with Gasteiger partial charge < -0.3 is 10.1 Å². The average Bonchev–Trinajstić information content (AvgIpc) is 2.41. The number of hydrogen-bond acceptors (Lipinski definition) is 2. The molecule has 1 aromatic rings. The first kappa shape index (κ1) is 15.3. The minimum absolute atomic E-state index is 0.0953. The highest BCUT2D eigenvalue weighted by molar-refractivity contribution is 5.75. The number of aryl methyl sites for hydroxylation is 1. The predicted octanol–water partition coefficient (Wildman–Crippen LogP) is 3.24. The molecule has 0 aliphatic rings. The summed E-state index contributed by atoms with van der Waals surface area (Å²) in [5, 5.41) is 2.88. The third kappa shape index (κ3) is 6.65. The highest BCUT2D eigenvalue weighted by atomic mass is 16.5. The molecule has 0 fully saturated rings. The van der Waals surface area contributed by atoms with Crippen LogP contribution in [0.15, 0.2) is 36.4 Å². The largest absolute Gasteiger partial charge is 0.493 e. The molecule has 1 aromatic carbocycles. The molecule has 0 heterocycles. The highest BCUT2D eigenvalue weighted by Crippen LogP contribution is 2.16. The molecule has 0 radical (unpaired) electrons. The molecule has 104 valence electrons. The first-order valence-electron chi connectivity index (χ1n) is 6.80.